The molecule has 0 N–H and O–H groups in total. The highest BCUT2D eigenvalue weighted by molar-refractivity contribution is 14.1. The Morgan fingerprint density at radius 3 is 2.59 bits per heavy atom. The van der Waals surface area contributed by atoms with Crippen LogP contribution in [-0.2, 0) is 6.54 Å². The van der Waals surface area contributed by atoms with E-state index in [0.717, 1.165) is 5.56 Å². The van der Waals surface area contributed by atoms with E-state index in [2.05, 4.69) is 27.6 Å². The third-order valence-corrected chi connectivity index (χ3v) is 3.33. The molecule has 0 spiro atoms. The van der Waals surface area contributed by atoms with Crippen molar-refractivity contribution in [2.24, 2.45) is 0 Å². The molecule has 2 aromatic rings. The number of nitrogens with zero attached hydrogens (tertiary/aromatic N) is 2. The lowest BCUT2D eigenvalue weighted by atomic mass is 10.2. The first kappa shape index (κ1) is 12.6. The van der Waals surface area contributed by atoms with E-state index >= 15 is 0 Å². The van der Waals surface area contributed by atoms with Gasteiger partial charge in [-0.15, -0.1) is 0 Å². The van der Waals surface area contributed by atoms with Crippen LogP contribution in [0, 0.1) is 10.5 Å². The Hall–Kier alpha value is -0.880. The number of aryl methyl sites for hydroxylation is 1. The number of halogens is 2. The summed E-state index contributed by atoms with van der Waals surface area (Å²) in [6, 6.07) is 9.37. The molecule has 2 rings (SSSR count). The number of benzene rings is 1. The molecule has 5 heteroatoms. The number of aromatic nitrogens is 2. The maximum absolute atomic E-state index is 11.8. The third-order valence-electron chi connectivity index (χ3n) is 2.42. The summed E-state index contributed by atoms with van der Waals surface area (Å²) in [4.78, 5) is 15.8. The van der Waals surface area contributed by atoms with Crippen molar-refractivity contribution in [3.63, 3.8) is 0 Å². The predicted octanol–water partition coefficient (Wildman–Crippen LogP) is 2.86. The molecule has 0 radical (unpaired) electrons. The molecule has 0 atom stereocenters. The second-order valence-corrected chi connectivity index (χ2v) is 5.31. The summed E-state index contributed by atoms with van der Waals surface area (Å²) in [5, 5.41) is 0.242. The average molecular weight is 361 g/mol. The van der Waals surface area contributed by atoms with Gasteiger partial charge in [-0.2, -0.15) is 0 Å². The summed E-state index contributed by atoms with van der Waals surface area (Å²) in [6.45, 7) is 2.30. The van der Waals surface area contributed by atoms with Gasteiger partial charge in [0.15, 0.2) is 0 Å². The van der Waals surface area contributed by atoms with Gasteiger partial charge in [0.2, 0.25) is 0 Å². The van der Waals surface area contributed by atoms with Crippen LogP contribution >= 0.6 is 34.2 Å². The van der Waals surface area contributed by atoms with Crippen LogP contribution in [0.4, 0.5) is 0 Å². The molecule has 0 aliphatic carbocycles. The maximum atomic E-state index is 11.8. The first-order valence-electron chi connectivity index (χ1n) is 5.05. The van der Waals surface area contributed by atoms with Gasteiger partial charge in [0.1, 0.15) is 11.0 Å². The van der Waals surface area contributed by atoms with Crippen LogP contribution < -0.4 is 5.56 Å². The van der Waals surface area contributed by atoms with E-state index < -0.39 is 0 Å². The molecule has 0 amide bonds. The first-order chi connectivity index (χ1) is 8.06. The second kappa shape index (κ2) is 5.18. The minimum absolute atomic E-state index is 0.124. The molecule has 88 valence electrons. The monoisotopic (exact) mass is 360 g/mol. The lowest BCUT2D eigenvalue weighted by Crippen LogP contribution is -2.23. The number of hydrogen-bond donors (Lipinski definition) is 0. The second-order valence-electron chi connectivity index (χ2n) is 3.68. The largest absolute Gasteiger partial charge is 0.292 e. The summed E-state index contributed by atoms with van der Waals surface area (Å²) < 4.78 is 2.78. The lowest BCUT2D eigenvalue weighted by molar-refractivity contribution is 0.700. The van der Waals surface area contributed by atoms with Gasteiger partial charge in [-0.1, -0.05) is 23.7 Å². The van der Waals surface area contributed by atoms with Crippen LogP contribution in [0.1, 0.15) is 11.4 Å². The molecular formula is C12H10ClIN2O. The fourth-order valence-corrected chi connectivity index (χ4v) is 2.13. The van der Waals surface area contributed by atoms with Gasteiger partial charge in [-0.25, -0.2) is 4.98 Å². The Bertz CT molecular complexity index is 592. The van der Waals surface area contributed by atoms with E-state index in [1.54, 1.807) is 11.5 Å². The van der Waals surface area contributed by atoms with Crippen molar-refractivity contribution in [3.8, 4) is 0 Å². The van der Waals surface area contributed by atoms with Gasteiger partial charge in [-0.05, 0) is 47.2 Å². The number of hydrogen-bond acceptors (Lipinski definition) is 2. The molecule has 1 aromatic heterocycles. The Kier molecular flexibility index (Phi) is 3.83. The van der Waals surface area contributed by atoms with E-state index in [1.807, 2.05) is 24.3 Å². The zero-order chi connectivity index (χ0) is 12.4. The fourth-order valence-electron chi connectivity index (χ4n) is 1.55. The van der Waals surface area contributed by atoms with Gasteiger partial charge in [0.25, 0.3) is 5.56 Å². The van der Waals surface area contributed by atoms with Crippen LogP contribution in [0.3, 0.4) is 0 Å². The van der Waals surface area contributed by atoms with Crippen molar-refractivity contribution in [2.45, 2.75) is 13.5 Å². The Morgan fingerprint density at radius 1 is 1.35 bits per heavy atom. The van der Waals surface area contributed by atoms with Gasteiger partial charge in [0.05, 0.1) is 6.54 Å². The molecule has 0 fully saturated rings. The summed E-state index contributed by atoms with van der Waals surface area (Å²) in [5.41, 5.74) is 0.945. The summed E-state index contributed by atoms with van der Waals surface area (Å²) in [6.07, 6.45) is 0. The normalized spacial score (nSPS) is 10.5. The minimum Gasteiger partial charge on any atom is -0.292 e. The van der Waals surface area contributed by atoms with Crippen LogP contribution in [0.25, 0.3) is 0 Å². The molecule has 1 heterocycles. The maximum Gasteiger partial charge on any atom is 0.255 e. The summed E-state index contributed by atoms with van der Waals surface area (Å²) >= 11 is 7.97. The zero-order valence-electron chi connectivity index (χ0n) is 9.15. The molecule has 17 heavy (non-hydrogen) atoms. The van der Waals surface area contributed by atoms with Crippen molar-refractivity contribution < 1.29 is 0 Å². The Morgan fingerprint density at radius 2 is 2.00 bits per heavy atom. The van der Waals surface area contributed by atoms with Crippen molar-refractivity contribution in [1.82, 2.24) is 9.55 Å². The van der Waals surface area contributed by atoms with Crippen LogP contribution in [-0.4, -0.2) is 9.55 Å². The molecule has 0 unspecified atom stereocenters. The smallest absolute Gasteiger partial charge is 0.255 e. The molecule has 0 aliphatic rings. The highest BCUT2D eigenvalue weighted by Crippen LogP contribution is 2.09. The Balaban J connectivity index is 2.36. The molecular weight excluding hydrogens is 351 g/mol. The highest BCUT2D eigenvalue weighted by Gasteiger charge is 2.04. The quantitative estimate of drug-likeness (QED) is 0.610. The van der Waals surface area contributed by atoms with Crippen molar-refractivity contribution >= 4 is 34.2 Å². The van der Waals surface area contributed by atoms with Crippen LogP contribution in [0.2, 0.25) is 5.15 Å². The average Bonchev–Trinajstić information content (AvgIpc) is 2.26. The van der Waals surface area contributed by atoms with Gasteiger partial charge < -0.3 is 0 Å². The number of rotatable bonds is 2. The topological polar surface area (TPSA) is 34.9 Å². The van der Waals surface area contributed by atoms with Gasteiger partial charge in [-0.3, -0.25) is 9.36 Å². The van der Waals surface area contributed by atoms with Gasteiger partial charge >= 0.3 is 0 Å². The minimum atomic E-state index is -0.124. The molecule has 0 saturated heterocycles. The van der Waals surface area contributed by atoms with Crippen molar-refractivity contribution in [1.29, 1.82) is 0 Å². The van der Waals surface area contributed by atoms with E-state index in [1.165, 1.54) is 9.64 Å². The SMILES string of the molecule is Cc1nc(Cl)cc(=O)n1Cc1ccc(I)cc1. The molecule has 0 saturated carbocycles. The highest BCUT2D eigenvalue weighted by atomic mass is 127. The molecule has 0 bridgehead atoms. The Labute approximate surface area is 118 Å². The first-order valence-corrected chi connectivity index (χ1v) is 6.50. The van der Waals surface area contributed by atoms with Crippen LogP contribution in [0.5, 0.6) is 0 Å². The van der Waals surface area contributed by atoms with Crippen LogP contribution in [0.15, 0.2) is 35.1 Å². The van der Waals surface area contributed by atoms with E-state index in [-0.39, 0.29) is 10.7 Å². The van der Waals surface area contributed by atoms with Crippen molar-refractivity contribution in [3.05, 3.63) is 60.8 Å². The standard InChI is InChI=1S/C12H10ClIN2O/c1-8-15-11(13)6-12(17)16(8)7-9-2-4-10(14)5-3-9/h2-6H,7H2,1H3. The zero-order valence-corrected chi connectivity index (χ0v) is 12.1. The van der Waals surface area contributed by atoms with E-state index in [0.29, 0.717) is 12.4 Å². The lowest BCUT2D eigenvalue weighted by Gasteiger charge is -2.09. The summed E-state index contributed by atoms with van der Waals surface area (Å²) in [7, 11) is 0. The van der Waals surface area contributed by atoms with E-state index in [4.69, 9.17) is 11.6 Å². The van der Waals surface area contributed by atoms with E-state index in [9.17, 15) is 4.79 Å². The summed E-state index contributed by atoms with van der Waals surface area (Å²) in [5.74, 6) is 0.626. The predicted molar refractivity (Wildman–Crippen MR) is 76.5 cm³/mol. The van der Waals surface area contributed by atoms with Gasteiger partial charge in [0, 0.05) is 9.64 Å². The fraction of sp³-hybridized carbons (Fsp3) is 0.167. The third kappa shape index (κ3) is 3.07. The molecule has 1 aromatic carbocycles. The van der Waals surface area contributed by atoms with Crippen molar-refractivity contribution in [2.75, 3.05) is 0 Å². The molecule has 3 nitrogen and oxygen atoms in total. The molecule has 0 aliphatic heterocycles.